The molecule has 9 nitrogen and oxygen atoms in total. The fraction of sp³-hybridized carbons (Fsp3) is 0.556. The van der Waals surface area contributed by atoms with Gasteiger partial charge >= 0.3 is 0 Å². The van der Waals surface area contributed by atoms with Crippen LogP contribution in [0.4, 0.5) is 0 Å². The minimum atomic E-state index is -1.03. The molecule has 0 aliphatic carbocycles. The molecule has 28 heavy (non-hydrogen) atoms. The van der Waals surface area contributed by atoms with Crippen molar-refractivity contribution in [1.82, 2.24) is 10.4 Å². The number of aryl methyl sites for hydroxylation is 1. The molecule has 0 aromatic heterocycles. The number of hydrogen-bond donors (Lipinski definition) is 3. The summed E-state index contributed by atoms with van der Waals surface area (Å²) in [5.74, 6) is -0.325. The predicted octanol–water partition coefficient (Wildman–Crippen LogP) is 1.07. The van der Waals surface area contributed by atoms with Gasteiger partial charge in [0.15, 0.2) is 0 Å². The van der Waals surface area contributed by atoms with Crippen LogP contribution in [0.25, 0.3) is 0 Å². The Labute approximate surface area is 169 Å². The predicted molar refractivity (Wildman–Crippen MR) is 107 cm³/mol. The summed E-state index contributed by atoms with van der Waals surface area (Å²) in [5.41, 5.74) is 10.7. The molecule has 1 aromatic rings. The van der Waals surface area contributed by atoms with Crippen LogP contribution in [0.3, 0.4) is 0 Å². The molecule has 1 aliphatic heterocycles. The third kappa shape index (κ3) is 7.16. The SMILES string of the molecule is Cc1cc(CN=C(N)C(N=NCCCO)C(=O)NN2CCOCC2)ccc1Cl. The molecule has 10 heteroatoms. The number of amides is 1. The number of morpholine rings is 1. The highest BCUT2D eigenvalue weighted by molar-refractivity contribution is 6.31. The second-order valence-corrected chi connectivity index (χ2v) is 6.77. The van der Waals surface area contributed by atoms with Crippen molar-refractivity contribution < 1.29 is 14.6 Å². The number of halogens is 1. The summed E-state index contributed by atoms with van der Waals surface area (Å²) < 4.78 is 5.27. The highest BCUT2D eigenvalue weighted by Gasteiger charge is 2.25. The smallest absolute Gasteiger partial charge is 0.268 e. The Morgan fingerprint density at radius 1 is 1.43 bits per heavy atom. The number of nitrogens with zero attached hydrogens (tertiary/aromatic N) is 4. The summed E-state index contributed by atoms with van der Waals surface area (Å²) in [6.45, 7) is 4.78. The molecule has 154 valence electrons. The van der Waals surface area contributed by atoms with Crippen LogP contribution in [0.5, 0.6) is 0 Å². The first-order valence-corrected chi connectivity index (χ1v) is 9.54. The van der Waals surface area contributed by atoms with E-state index in [1.807, 2.05) is 19.1 Å². The van der Waals surface area contributed by atoms with Crippen LogP contribution in [0.2, 0.25) is 5.02 Å². The fourth-order valence-corrected chi connectivity index (χ4v) is 2.61. The molecular weight excluding hydrogens is 384 g/mol. The number of hydrogen-bond acceptors (Lipinski definition) is 7. The van der Waals surface area contributed by atoms with E-state index in [4.69, 9.17) is 27.2 Å². The van der Waals surface area contributed by atoms with Crippen LogP contribution in [0.15, 0.2) is 33.4 Å². The first-order chi connectivity index (χ1) is 13.5. The van der Waals surface area contributed by atoms with Gasteiger partial charge in [-0.15, -0.1) is 0 Å². The summed E-state index contributed by atoms with van der Waals surface area (Å²) in [5, 5.41) is 19.3. The standard InChI is InChI=1S/C18H27ClN6O3/c1-13-11-14(3-4-15(13)19)12-21-17(20)16(23-22-5-2-8-26)18(27)24-25-6-9-28-10-7-25/h3-4,11,16,26H,2,5-10,12H2,1H3,(H2,20,21)(H,24,27). The van der Waals surface area contributed by atoms with E-state index in [0.717, 1.165) is 11.1 Å². The normalized spacial score (nSPS) is 17.0. The van der Waals surface area contributed by atoms with Gasteiger partial charge in [0.05, 0.1) is 26.3 Å². The van der Waals surface area contributed by atoms with Crippen LogP contribution >= 0.6 is 11.6 Å². The summed E-state index contributed by atoms with van der Waals surface area (Å²) in [6, 6.07) is 4.55. The molecule has 1 saturated heterocycles. The van der Waals surface area contributed by atoms with Crippen molar-refractivity contribution in [2.24, 2.45) is 21.0 Å². The number of carbonyl (C=O) groups excluding carboxylic acids is 1. The molecule has 2 rings (SSSR count). The van der Waals surface area contributed by atoms with Gasteiger partial charge in [0.25, 0.3) is 5.91 Å². The largest absolute Gasteiger partial charge is 0.396 e. The second kappa shape index (κ2) is 11.7. The van der Waals surface area contributed by atoms with E-state index >= 15 is 0 Å². The highest BCUT2D eigenvalue weighted by atomic mass is 35.5. The maximum absolute atomic E-state index is 12.7. The number of hydrazine groups is 1. The summed E-state index contributed by atoms with van der Waals surface area (Å²) in [6.07, 6.45) is 0.461. The number of rotatable bonds is 9. The number of benzene rings is 1. The molecule has 1 unspecified atom stereocenters. The zero-order valence-corrected chi connectivity index (χ0v) is 16.7. The number of aliphatic imine (C=N–C) groups is 1. The third-order valence-electron chi connectivity index (χ3n) is 4.09. The van der Waals surface area contributed by atoms with E-state index in [1.165, 1.54) is 0 Å². The summed E-state index contributed by atoms with van der Waals surface area (Å²) in [4.78, 5) is 17.0. The zero-order valence-electron chi connectivity index (χ0n) is 16.0. The Hall–Kier alpha value is -2.07. The van der Waals surface area contributed by atoms with Gasteiger partial charge in [-0.25, -0.2) is 5.01 Å². The molecule has 1 amide bonds. The van der Waals surface area contributed by atoms with Crippen molar-refractivity contribution in [2.75, 3.05) is 39.5 Å². The van der Waals surface area contributed by atoms with Crippen LogP contribution in [0.1, 0.15) is 17.5 Å². The van der Waals surface area contributed by atoms with Gasteiger partial charge < -0.3 is 15.6 Å². The molecule has 0 spiro atoms. The first-order valence-electron chi connectivity index (χ1n) is 9.16. The average molecular weight is 411 g/mol. The maximum atomic E-state index is 12.7. The lowest BCUT2D eigenvalue weighted by Crippen LogP contribution is -2.53. The van der Waals surface area contributed by atoms with Gasteiger partial charge in [0, 0.05) is 24.7 Å². The fourth-order valence-electron chi connectivity index (χ4n) is 2.49. The molecule has 0 bridgehead atoms. The molecule has 1 atom stereocenters. The number of carbonyl (C=O) groups is 1. The third-order valence-corrected chi connectivity index (χ3v) is 4.51. The van der Waals surface area contributed by atoms with Crippen molar-refractivity contribution in [3.8, 4) is 0 Å². The van der Waals surface area contributed by atoms with E-state index in [-0.39, 0.29) is 12.4 Å². The van der Waals surface area contributed by atoms with E-state index in [1.54, 1.807) is 11.1 Å². The topological polar surface area (TPSA) is 125 Å². The van der Waals surface area contributed by atoms with Crippen LogP contribution in [-0.4, -0.2) is 67.4 Å². The second-order valence-electron chi connectivity index (χ2n) is 6.36. The molecule has 4 N–H and O–H groups in total. The van der Waals surface area contributed by atoms with Crippen molar-refractivity contribution in [2.45, 2.75) is 25.9 Å². The number of nitrogens with two attached hydrogens (primary N) is 1. The Bertz CT molecular complexity index is 707. The Morgan fingerprint density at radius 3 is 2.86 bits per heavy atom. The lowest BCUT2D eigenvalue weighted by molar-refractivity contribution is -0.127. The van der Waals surface area contributed by atoms with Crippen LogP contribution in [-0.2, 0) is 16.1 Å². The average Bonchev–Trinajstić information content (AvgIpc) is 2.69. The van der Waals surface area contributed by atoms with Gasteiger partial charge in [-0.3, -0.25) is 15.2 Å². The number of aliphatic hydroxyl groups excluding tert-OH is 1. The molecule has 1 heterocycles. The lowest BCUT2D eigenvalue weighted by Gasteiger charge is -2.27. The number of azo groups is 1. The molecule has 0 saturated carbocycles. The number of amidine groups is 1. The van der Waals surface area contributed by atoms with Gasteiger partial charge in [-0.2, -0.15) is 10.2 Å². The molecule has 1 aliphatic rings. The van der Waals surface area contributed by atoms with Gasteiger partial charge in [-0.1, -0.05) is 23.7 Å². The highest BCUT2D eigenvalue weighted by Crippen LogP contribution is 2.16. The number of nitrogens with one attached hydrogen (secondary N) is 1. The number of ether oxygens (including phenoxy) is 1. The Kier molecular flexibility index (Phi) is 9.29. The van der Waals surface area contributed by atoms with Gasteiger partial charge in [0.2, 0.25) is 6.04 Å². The molecule has 1 aromatic carbocycles. The monoisotopic (exact) mass is 410 g/mol. The Morgan fingerprint density at radius 2 is 2.18 bits per heavy atom. The minimum absolute atomic E-state index is 0.00313. The molecular formula is C18H27ClN6O3. The van der Waals surface area contributed by atoms with Crippen molar-refractivity contribution >= 4 is 23.3 Å². The van der Waals surface area contributed by atoms with Crippen molar-refractivity contribution in [3.05, 3.63) is 34.3 Å². The first kappa shape index (κ1) is 22.2. The maximum Gasteiger partial charge on any atom is 0.268 e. The van der Waals surface area contributed by atoms with E-state index in [9.17, 15) is 4.79 Å². The van der Waals surface area contributed by atoms with E-state index in [2.05, 4.69) is 20.6 Å². The van der Waals surface area contributed by atoms with Crippen molar-refractivity contribution in [1.29, 1.82) is 0 Å². The summed E-state index contributed by atoms with van der Waals surface area (Å²) in [7, 11) is 0. The Balaban J connectivity index is 2.07. The number of aliphatic hydroxyl groups is 1. The van der Waals surface area contributed by atoms with Gasteiger partial charge in [0.1, 0.15) is 5.84 Å². The van der Waals surface area contributed by atoms with Crippen LogP contribution < -0.4 is 11.2 Å². The summed E-state index contributed by atoms with van der Waals surface area (Å²) >= 11 is 6.04. The lowest BCUT2D eigenvalue weighted by atomic mass is 10.1. The van der Waals surface area contributed by atoms with Gasteiger partial charge in [-0.05, 0) is 30.5 Å². The zero-order chi connectivity index (χ0) is 20.4. The minimum Gasteiger partial charge on any atom is -0.396 e. The van der Waals surface area contributed by atoms with Crippen LogP contribution in [0, 0.1) is 6.92 Å². The van der Waals surface area contributed by atoms with E-state index in [0.29, 0.717) is 50.8 Å². The van der Waals surface area contributed by atoms with E-state index < -0.39 is 11.9 Å². The van der Waals surface area contributed by atoms with Crippen molar-refractivity contribution in [3.63, 3.8) is 0 Å². The molecule has 0 radical (unpaired) electrons. The molecule has 1 fully saturated rings. The quantitative estimate of drug-likeness (QED) is 0.243.